The van der Waals surface area contributed by atoms with Gasteiger partial charge in [0.15, 0.2) is 0 Å². The normalized spacial score (nSPS) is 12.8. The van der Waals surface area contributed by atoms with Gasteiger partial charge in [-0.2, -0.15) is 0 Å². The van der Waals surface area contributed by atoms with E-state index in [0.717, 1.165) is 22.6 Å². The van der Waals surface area contributed by atoms with Crippen molar-refractivity contribution >= 4 is 16.5 Å². The molecule has 0 aliphatic carbocycles. The maximum atomic E-state index is 11.2. The second kappa shape index (κ2) is 3.72. The zero-order chi connectivity index (χ0) is 9.14. The van der Waals surface area contributed by atoms with Gasteiger partial charge in [0, 0.05) is 16.8 Å². The first-order valence-corrected chi connectivity index (χ1v) is 5.42. The fourth-order valence-electron chi connectivity index (χ4n) is 1.16. The number of rotatable bonds is 2. The molecule has 1 rings (SSSR count). The second-order valence-electron chi connectivity index (χ2n) is 2.67. The number of hydrogen-bond donors (Lipinski definition) is 1. The van der Waals surface area contributed by atoms with Crippen LogP contribution in [0.4, 0.5) is 5.69 Å². The van der Waals surface area contributed by atoms with Crippen molar-refractivity contribution in [3.05, 3.63) is 23.8 Å². The molecule has 66 valence electrons. The monoisotopic (exact) mass is 183 g/mol. The molecule has 0 heterocycles. The Morgan fingerprint density at radius 1 is 1.50 bits per heavy atom. The molecular formula is C9H13NOS. The van der Waals surface area contributed by atoms with Gasteiger partial charge < -0.3 is 5.73 Å². The van der Waals surface area contributed by atoms with Crippen LogP contribution in [0.3, 0.4) is 0 Å². The average molecular weight is 183 g/mol. The lowest BCUT2D eigenvalue weighted by Crippen LogP contribution is -1.96. The molecule has 0 aromatic heterocycles. The number of benzene rings is 1. The van der Waals surface area contributed by atoms with Crippen molar-refractivity contribution in [3.63, 3.8) is 0 Å². The molecule has 0 spiro atoms. The van der Waals surface area contributed by atoms with E-state index in [2.05, 4.69) is 0 Å². The standard InChI is InChI=1S/C9H13NOS/c1-3-7-6-8(10)4-5-9(7)12(2)11/h4-6H,3,10H2,1-2H3. The second-order valence-corrected chi connectivity index (χ2v) is 4.02. The molecule has 0 amide bonds. The summed E-state index contributed by atoms with van der Waals surface area (Å²) in [7, 11) is -0.904. The van der Waals surface area contributed by atoms with E-state index in [-0.39, 0.29) is 0 Å². The third-order valence-electron chi connectivity index (χ3n) is 1.78. The average Bonchev–Trinajstić information content (AvgIpc) is 2.03. The van der Waals surface area contributed by atoms with E-state index in [0.29, 0.717) is 0 Å². The van der Waals surface area contributed by atoms with E-state index < -0.39 is 10.8 Å². The quantitative estimate of drug-likeness (QED) is 0.707. The molecule has 0 radical (unpaired) electrons. The van der Waals surface area contributed by atoms with Gasteiger partial charge in [0.2, 0.25) is 0 Å². The zero-order valence-corrected chi connectivity index (χ0v) is 8.15. The van der Waals surface area contributed by atoms with Crippen LogP contribution < -0.4 is 5.73 Å². The Balaban J connectivity index is 3.20. The molecule has 12 heavy (non-hydrogen) atoms. The Kier molecular flexibility index (Phi) is 2.87. The summed E-state index contributed by atoms with van der Waals surface area (Å²) in [4.78, 5) is 0.895. The Bertz CT molecular complexity index is 309. The summed E-state index contributed by atoms with van der Waals surface area (Å²) in [6.07, 6.45) is 2.56. The van der Waals surface area contributed by atoms with Crippen LogP contribution in [0.5, 0.6) is 0 Å². The van der Waals surface area contributed by atoms with Crippen LogP contribution in [0.2, 0.25) is 0 Å². The van der Waals surface area contributed by atoms with Crippen LogP contribution in [0.1, 0.15) is 12.5 Å². The third kappa shape index (κ3) is 1.85. The van der Waals surface area contributed by atoms with Crippen LogP contribution in [-0.4, -0.2) is 10.5 Å². The molecule has 1 atom stereocenters. The highest BCUT2D eigenvalue weighted by molar-refractivity contribution is 7.84. The Morgan fingerprint density at radius 2 is 2.17 bits per heavy atom. The molecule has 2 N–H and O–H groups in total. The fraction of sp³-hybridized carbons (Fsp3) is 0.333. The lowest BCUT2D eigenvalue weighted by molar-refractivity contribution is 0.686. The molecule has 2 nitrogen and oxygen atoms in total. The van der Waals surface area contributed by atoms with Crippen LogP contribution in [0.25, 0.3) is 0 Å². The molecule has 0 fully saturated rings. The molecule has 1 aromatic rings. The number of hydrogen-bond acceptors (Lipinski definition) is 2. The van der Waals surface area contributed by atoms with Gasteiger partial charge in [0.05, 0.1) is 10.8 Å². The maximum absolute atomic E-state index is 11.2. The first-order chi connectivity index (χ1) is 5.65. The predicted molar refractivity (Wildman–Crippen MR) is 52.6 cm³/mol. The molecule has 0 saturated heterocycles. The van der Waals surface area contributed by atoms with Crippen LogP contribution in [0.15, 0.2) is 23.1 Å². The molecule has 3 heteroatoms. The maximum Gasteiger partial charge on any atom is 0.0500 e. The molecule has 0 aliphatic rings. The minimum absolute atomic E-state index is 0.737. The van der Waals surface area contributed by atoms with Gasteiger partial charge in [0.1, 0.15) is 0 Å². The van der Waals surface area contributed by atoms with Gasteiger partial charge in [-0.1, -0.05) is 6.92 Å². The minimum Gasteiger partial charge on any atom is -0.399 e. The largest absolute Gasteiger partial charge is 0.399 e. The van der Waals surface area contributed by atoms with Crippen molar-refractivity contribution in [2.45, 2.75) is 18.2 Å². The van der Waals surface area contributed by atoms with Crippen LogP contribution >= 0.6 is 0 Å². The predicted octanol–water partition coefficient (Wildman–Crippen LogP) is 1.57. The highest BCUT2D eigenvalue weighted by Crippen LogP contribution is 2.16. The number of nitrogens with two attached hydrogens (primary N) is 1. The van der Waals surface area contributed by atoms with Gasteiger partial charge in [-0.15, -0.1) is 0 Å². The smallest absolute Gasteiger partial charge is 0.0500 e. The molecule has 1 unspecified atom stereocenters. The summed E-state index contributed by atoms with van der Waals surface area (Å²) in [6, 6.07) is 5.51. The molecule has 0 aliphatic heterocycles. The summed E-state index contributed by atoms with van der Waals surface area (Å²) in [5.41, 5.74) is 7.42. The molecule has 0 bridgehead atoms. The van der Waals surface area contributed by atoms with E-state index in [1.54, 1.807) is 12.3 Å². The van der Waals surface area contributed by atoms with Gasteiger partial charge in [-0.3, -0.25) is 4.21 Å². The van der Waals surface area contributed by atoms with Crippen molar-refractivity contribution in [1.82, 2.24) is 0 Å². The van der Waals surface area contributed by atoms with Crippen molar-refractivity contribution in [2.24, 2.45) is 0 Å². The van der Waals surface area contributed by atoms with E-state index in [9.17, 15) is 4.21 Å². The lowest BCUT2D eigenvalue weighted by atomic mass is 10.1. The molecule has 0 saturated carbocycles. The van der Waals surface area contributed by atoms with Crippen molar-refractivity contribution in [2.75, 3.05) is 12.0 Å². The summed E-state index contributed by atoms with van der Waals surface area (Å²) in [5.74, 6) is 0. The van der Waals surface area contributed by atoms with Gasteiger partial charge in [-0.05, 0) is 30.2 Å². The molecular weight excluding hydrogens is 170 g/mol. The Morgan fingerprint density at radius 3 is 2.67 bits per heavy atom. The number of nitrogen functional groups attached to an aromatic ring is 1. The summed E-state index contributed by atoms with van der Waals surface area (Å²) in [5, 5.41) is 0. The summed E-state index contributed by atoms with van der Waals surface area (Å²) < 4.78 is 11.2. The Hall–Kier alpha value is -0.830. The first-order valence-electron chi connectivity index (χ1n) is 3.87. The third-order valence-corrected chi connectivity index (χ3v) is 2.79. The zero-order valence-electron chi connectivity index (χ0n) is 7.33. The van der Waals surface area contributed by atoms with E-state index in [1.807, 2.05) is 19.1 Å². The van der Waals surface area contributed by atoms with Crippen LogP contribution in [-0.2, 0) is 17.2 Å². The highest BCUT2D eigenvalue weighted by Gasteiger charge is 2.03. The Labute approximate surface area is 75.2 Å². The van der Waals surface area contributed by atoms with Gasteiger partial charge in [0.25, 0.3) is 0 Å². The van der Waals surface area contributed by atoms with E-state index >= 15 is 0 Å². The number of anilines is 1. The van der Waals surface area contributed by atoms with Crippen molar-refractivity contribution < 1.29 is 4.21 Å². The van der Waals surface area contributed by atoms with Crippen LogP contribution in [0, 0.1) is 0 Å². The van der Waals surface area contributed by atoms with Crippen molar-refractivity contribution in [3.8, 4) is 0 Å². The van der Waals surface area contributed by atoms with E-state index in [4.69, 9.17) is 5.73 Å². The van der Waals surface area contributed by atoms with E-state index in [1.165, 1.54) is 0 Å². The minimum atomic E-state index is -0.904. The summed E-state index contributed by atoms with van der Waals surface area (Å²) in [6.45, 7) is 2.03. The molecule has 1 aromatic carbocycles. The first kappa shape index (κ1) is 9.26. The lowest BCUT2D eigenvalue weighted by Gasteiger charge is -2.04. The van der Waals surface area contributed by atoms with Gasteiger partial charge >= 0.3 is 0 Å². The van der Waals surface area contributed by atoms with Gasteiger partial charge in [-0.25, -0.2) is 0 Å². The number of aryl methyl sites for hydroxylation is 1. The van der Waals surface area contributed by atoms with Crippen molar-refractivity contribution in [1.29, 1.82) is 0 Å². The SMILES string of the molecule is CCc1cc(N)ccc1S(C)=O. The summed E-state index contributed by atoms with van der Waals surface area (Å²) >= 11 is 0. The highest BCUT2D eigenvalue weighted by atomic mass is 32.2. The fourth-order valence-corrected chi connectivity index (χ4v) is 1.99. The topological polar surface area (TPSA) is 43.1 Å².